The fourth-order valence-electron chi connectivity index (χ4n) is 1.64. The molecule has 0 aliphatic carbocycles. The van der Waals surface area contributed by atoms with Crippen LogP contribution in [0.25, 0.3) is 0 Å². The van der Waals surface area contributed by atoms with Gasteiger partial charge in [-0.15, -0.1) is 11.8 Å². The number of ether oxygens (including phenoxy) is 1. The Balaban J connectivity index is 1.80. The Morgan fingerprint density at radius 3 is 2.89 bits per heavy atom. The third-order valence-corrected chi connectivity index (χ3v) is 3.36. The average Bonchev–Trinajstić information content (AvgIpc) is 2.81. The first-order valence-electron chi connectivity index (χ1n) is 5.84. The molecule has 0 radical (unpaired) electrons. The predicted octanol–water partition coefficient (Wildman–Crippen LogP) is 2.54. The summed E-state index contributed by atoms with van der Waals surface area (Å²) in [5.74, 6) is 2.24. The van der Waals surface area contributed by atoms with E-state index in [1.54, 1.807) is 18.0 Å². The lowest BCUT2D eigenvalue weighted by Crippen LogP contribution is -2.01. The first-order chi connectivity index (χ1) is 8.79. The van der Waals surface area contributed by atoms with E-state index in [9.17, 15) is 4.79 Å². The summed E-state index contributed by atoms with van der Waals surface area (Å²) in [6.45, 7) is 2.11. The molecule has 2 rings (SSSR count). The topological polar surface area (TPSA) is 57.9 Å². The molecule has 1 aromatic heterocycles. The number of aromatic amines is 2. The molecule has 0 saturated heterocycles. The van der Waals surface area contributed by atoms with Crippen LogP contribution in [0.3, 0.4) is 0 Å². The minimum atomic E-state index is -0.164. The van der Waals surface area contributed by atoms with Gasteiger partial charge >= 0.3 is 5.69 Å². The number of benzene rings is 1. The van der Waals surface area contributed by atoms with Crippen molar-refractivity contribution in [3.8, 4) is 5.75 Å². The standard InChI is InChI=1S/C13H16N2O2S/c1-2-10-5-3-4-6-12(10)17-9-18-8-11-7-14-13(16)15-11/h3-7H,2,8-9H2,1H3,(H2,14,15,16). The summed E-state index contributed by atoms with van der Waals surface area (Å²) in [6, 6.07) is 8.05. The Morgan fingerprint density at radius 1 is 1.33 bits per heavy atom. The smallest absolute Gasteiger partial charge is 0.323 e. The molecule has 0 unspecified atom stereocenters. The SMILES string of the molecule is CCc1ccccc1OCSCc1c[nH]c(=O)[nH]1. The molecule has 0 saturated carbocycles. The summed E-state index contributed by atoms with van der Waals surface area (Å²) in [4.78, 5) is 16.2. The van der Waals surface area contributed by atoms with Crippen LogP contribution in [0.5, 0.6) is 5.75 Å². The van der Waals surface area contributed by atoms with Crippen molar-refractivity contribution < 1.29 is 4.74 Å². The fraction of sp³-hybridized carbons (Fsp3) is 0.308. The summed E-state index contributed by atoms with van der Waals surface area (Å²) in [6.07, 6.45) is 2.65. The number of aromatic nitrogens is 2. The molecule has 5 heteroatoms. The molecule has 4 nitrogen and oxygen atoms in total. The molecule has 0 bridgehead atoms. The van der Waals surface area contributed by atoms with Crippen molar-refractivity contribution in [1.82, 2.24) is 9.97 Å². The highest BCUT2D eigenvalue weighted by Gasteiger charge is 2.01. The van der Waals surface area contributed by atoms with Gasteiger partial charge < -0.3 is 14.7 Å². The van der Waals surface area contributed by atoms with E-state index >= 15 is 0 Å². The summed E-state index contributed by atoms with van der Waals surface area (Å²) in [5, 5.41) is 0. The molecule has 0 amide bonds. The number of para-hydroxylation sites is 1. The number of aryl methyl sites for hydroxylation is 1. The zero-order valence-electron chi connectivity index (χ0n) is 10.2. The third kappa shape index (κ3) is 3.43. The van der Waals surface area contributed by atoms with Gasteiger partial charge in [-0.1, -0.05) is 25.1 Å². The van der Waals surface area contributed by atoms with Gasteiger partial charge in [0.05, 0.1) is 0 Å². The minimum absolute atomic E-state index is 0.164. The molecule has 1 aromatic carbocycles. The van der Waals surface area contributed by atoms with Crippen LogP contribution in [-0.2, 0) is 12.2 Å². The van der Waals surface area contributed by atoms with E-state index in [2.05, 4.69) is 23.0 Å². The van der Waals surface area contributed by atoms with Gasteiger partial charge in [0.25, 0.3) is 0 Å². The van der Waals surface area contributed by atoms with E-state index in [0.29, 0.717) is 5.94 Å². The molecule has 2 aromatic rings. The number of rotatable bonds is 6. The molecule has 18 heavy (non-hydrogen) atoms. The van der Waals surface area contributed by atoms with Gasteiger partial charge in [-0.05, 0) is 18.1 Å². The zero-order valence-corrected chi connectivity index (χ0v) is 11.0. The monoisotopic (exact) mass is 264 g/mol. The maximum absolute atomic E-state index is 10.9. The molecule has 0 atom stereocenters. The number of H-pyrrole nitrogens is 2. The van der Waals surface area contributed by atoms with E-state index < -0.39 is 0 Å². The summed E-state index contributed by atoms with van der Waals surface area (Å²) >= 11 is 1.62. The van der Waals surface area contributed by atoms with Crippen LogP contribution in [-0.4, -0.2) is 15.9 Å². The van der Waals surface area contributed by atoms with Crippen LogP contribution >= 0.6 is 11.8 Å². The van der Waals surface area contributed by atoms with E-state index in [-0.39, 0.29) is 5.69 Å². The highest BCUT2D eigenvalue weighted by Crippen LogP contribution is 2.20. The summed E-state index contributed by atoms with van der Waals surface area (Å²) < 4.78 is 5.72. The van der Waals surface area contributed by atoms with Crippen LogP contribution in [0.2, 0.25) is 0 Å². The van der Waals surface area contributed by atoms with Crippen molar-refractivity contribution in [2.45, 2.75) is 19.1 Å². The van der Waals surface area contributed by atoms with Gasteiger partial charge in [0, 0.05) is 17.6 Å². The van der Waals surface area contributed by atoms with Gasteiger partial charge in [-0.2, -0.15) is 0 Å². The Bertz CT molecular complexity index is 548. The number of imidazole rings is 1. The van der Waals surface area contributed by atoms with Crippen molar-refractivity contribution in [2.75, 3.05) is 5.94 Å². The fourth-order valence-corrected chi connectivity index (χ4v) is 2.31. The largest absolute Gasteiger partial charge is 0.483 e. The van der Waals surface area contributed by atoms with Gasteiger partial charge in [0.15, 0.2) is 0 Å². The summed E-state index contributed by atoms with van der Waals surface area (Å²) in [7, 11) is 0. The van der Waals surface area contributed by atoms with Crippen LogP contribution in [0, 0.1) is 0 Å². The number of hydrogen-bond donors (Lipinski definition) is 2. The molecular formula is C13H16N2O2S. The number of thioether (sulfide) groups is 1. The van der Waals surface area contributed by atoms with E-state index in [0.717, 1.165) is 23.6 Å². The van der Waals surface area contributed by atoms with Crippen molar-refractivity contribution >= 4 is 11.8 Å². The van der Waals surface area contributed by atoms with Gasteiger partial charge in [0.2, 0.25) is 0 Å². The average molecular weight is 264 g/mol. The lowest BCUT2D eigenvalue weighted by Gasteiger charge is -2.09. The van der Waals surface area contributed by atoms with Crippen LogP contribution in [0.4, 0.5) is 0 Å². The predicted molar refractivity (Wildman–Crippen MR) is 74.0 cm³/mol. The first kappa shape index (κ1) is 12.8. The normalized spacial score (nSPS) is 10.5. The lowest BCUT2D eigenvalue weighted by molar-refractivity contribution is 0.388. The third-order valence-electron chi connectivity index (χ3n) is 2.56. The molecule has 0 spiro atoms. The molecule has 96 valence electrons. The Kier molecular flexibility index (Phi) is 4.52. The van der Waals surface area contributed by atoms with Crippen molar-refractivity contribution in [3.05, 3.63) is 52.2 Å². The zero-order chi connectivity index (χ0) is 12.8. The highest BCUT2D eigenvalue weighted by atomic mass is 32.2. The molecule has 0 aliphatic heterocycles. The first-order valence-corrected chi connectivity index (χ1v) is 7.00. The highest BCUT2D eigenvalue weighted by molar-refractivity contribution is 7.98. The van der Waals surface area contributed by atoms with Gasteiger partial charge in [-0.3, -0.25) is 0 Å². The Morgan fingerprint density at radius 2 is 2.17 bits per heavy atom. The second-order valence-corrected chi connectivity index (χ2v) is 4.77. The van der Waals surface area contributed by atoms with Gasteiger partial charge in [0.1, 0.15) is 11.7 Å². The van der Waals surface area contributed by atoms with Gasteiger partial charge in [-0.25, -0.2) is 4.79 Å². The minimum Gasteiger partial charge on any atom is -0.483 e. The second kappa shape index (κ2) is 6.35. The molecule has 0 fully saturated rings. The number of nitrogens with one attached hydrogen (secondary N) is 2. The van der Waals surface area contributed by atoms with Crippen molar-refractivity contribution in [1.29, 1.82) is 0 Å². The summed E-state index contributed by atoms with van der Waals surface area (Å²) in [5.41, 5.74) is 1.94. The van der Waals surface area contributed by atoms with Crippen LogP contribution in [0.1, 0.15) is 18.2 Å². The molecule has 1 heterocycles. The number of hydrogen-bond acceptors (Lipinski definition) is 3. The maximum Gasteiger partial charge on any atom is 0.323 e. The van der Waals surface area contributed by atoms with Crippen molar-refractivity contribution in [3.63, 3.8) is 0 Å². The van der Waals surface area contributed by atoms with Crippen molar-refractivity contribution in [2.24, 2.45) is 0 Å². The molecule has 2 N–H and O–H groups in total. The Hall–Kier alpha value is -1.62. The van der Waals surface area contributed by atoms with E-state index in [4.69, 9.17) is 4.74 Å². The lowest BCUT2D eigenvalue weighted by atomic mass is 10.1. The quantitative estimate of drug-likeness (QED) is 0.622. The Labute approximate surface area is 110 Å². The molecular weight excluding hydrogens is 248 g/mol. The van der Waals surface area contributed by atoms with Crippen LogP contribution in [0.15, 0.2) is 35.3 Å². The van der Waals surface area contributed by atoms with E-state index in [1.807, 2.05) is 18.2 Å². The van der Waals surface area contributed by atoms with E-state index in [1.165, 1.54) is 5.56 Å². The maximum atomic E-state index is 10.9. The van der Waals surface area contributed by atoms with Crippen LogP contribution < -0.4 is 10.4 Å². The second-order valence-electron chi connectivity index (χ2n) is 3.84. The molecule has 0 aliphatic rings.